The molecule has 3 heteroatoms. The topological polar surface area (TPSA) is 38.1 Å². The number of rotatable bonds is 3. The van der Waals surface area contributed by atoms with E-state index < -0.39 is 0 Å². The van der Waals surface area contributed by atoms with Crippen molar-refractivity contribution >= 4 is 0 Å². The standard InChI is InChI=1S/C13H22N2O/c1-10-9-14-13(16-10)11(2)15-12-7-5-3-4-6-8-12/h9,11-12,15H,3-8H2,1-2H3. The summed E-state index contributed by atoms with van der Waals surface area (Å²) in [6, 6.07) is 0.876. The van der Waals surface area contributed by atoms with Crippen LogP contribution in [0.1, 0.15) is 63.1 Å². The fourth-order valence-corrected chi connectivity index (χ4v) is 2.44. The van der Waals surface area contributed by atoms with E-state index in [2.05, 4.69) is 17.2 Å². The fourth-order valence-electron chi connectivity index (χ4n) is 2.44. The Labute approximate surface area is 97.6 Å². The van der Waals surface area contributed by atoms with E-state index in [0.29, 0.717) is 6.04 Å². The average Bonchev–Trinajstić information content (AvgIpc) is 2.54. The van der Waals surface area contributed by atoms with Gasteiger partial charge in [0.25, 0.3) is 0 Å². The van der Waals surface area contributed by atoms with Crippen LogP contribution in [-0.2, 0) is 0 Å². The van der Waals surface area contributed by atoms with Crippen molar-refractivity contribution in [1.29, 1.82) is 0 Å². The van der Waals surface area contributed by atoms with Gasteiger partial charge in [-0.15, -0.1) is 0 Å². The molecule has 1 aromatic heterocycles. The summed E-state index contributed by atoms with van der Waals surface area (Å²) in [7, 11) is 0. The lowest BCUT2D eigenvalue weighted by Gasteiger charge is -2.19. The van der Waals surface area contributed by atoms with Gasteiger partial charge >= 0.3 is 0 Å². The minimum absolute atomic E-state index is 0.233. The molecule has 0 saturated heterocycles. The average molecular weight is 222 g/mol. The molecule has 1 atom stereocenters. The van der Waals surface area contributed by atoms with E-state index in [9.17, 15) is 0 Å². The Morgan fingerprint density at radius 3 is 2.56 bits per heavy atom. The van der Waals surface area contributed by atoms with Gasteiger partial charge in [0.15, 0.2) is 0 Å². The quantitative estimate of drug-likeness (QED) is 0.797. The lowest BCUT2D eigenvalue weighted by molar-refractivity contribution is 0.351. The van der Waals surface area contributed by atoms with E-state index in [1.165, 1.54) is 38.5 Å². The second kappa shape index (κ2) is 5.48. The molecule has 1 N–H and O–H groups in total. The van der Waals surface area contributed by atoms with Gasteiger partial charge in [-0.25, -0.2) is 4.98 Å². The Hall–Kier alpha value is -0.830. The molecular formula is C13H22N2O. The molecule has 2 rings (SSSR count). The summed E-state index contributed by atoms with van der Waals surface area (Å²) in [5.41, 5.74) is 0. The molecule has 1 aliphatic carbocycles. The third kappa shape index (κ3) is 3.08. The van der Waals surface area contributed by atoms with Crippen LogP contribution in [0.25, 0.3) is 0 Å². The molecule has 0 aromatic carbocycles. The number of nitrogens with zero attached hydrogens (tertiary/aromatic N) is 1. The van der Waals surface area contributed by atoms with Gasteiger partial charge in [-0.2, -0.15) is 0 Å². The molecule has 0 spiro atoms. The lowest BCUT2D eigenvalue weighted by atomic mass is 10.1. The van der Waals surface area contributed by atoms with Gasteiger partial charge in [-0.05, 0) is 26.7 Å². The number of hydrogen-bond acceptors (Lipinski definition) is 3. The van der Waals surface area contributed by atoms with Crippen LogP contribution >= 0.6 is 0 Å². The summed E-state index contributed by atoms with van der Waals surface area (Å²) in [5, 5.41) is 3.63. The van der Waals surface area contributed by atoms with Crippen LogP contribution < -0.4 is 5.32 Å². The van der Waals surface area contributed by atoms with Crippen LogP contribution in [0.15, 0.2) is 10.6 Å². The summed E-state index contributed by atoms with van der Waals surface area (Å²) in [6.07, 6.45) is 9.88. The molecule has 90 valence electrons. The zero-order chi connectivity index (χ0) is 11.4. The van der Waals surface area contributed by atoms with Crippen molar-refractivity contribution in [2.45, 2.75) is 64.5 Å². The van der Waals surface area contributed by atoms with Gasteiger partial charge in [-0.3, -0.25) is 0 Å². The molecule has 0 aliphatic heterocycles. The van der Waals surface area contributed by atoms with Crippen molar-refractivity contribution in [3.63, 3.8) is 0 Å². The van der Waals surface area contributed by atoms with Crippen molar-refractivity contribution in [2.75, 3.05) is 0 Å². The van der Waals surface area contributed by atoms with Crippen molar-refractivity contribution in [1.82, 2.24) is 10.3 Å². The molecule has 0 amide bonds. The smallest absolute Gasteiger partial charge is 0.211 e. The Balaban J connectivity index is 1.88. The van der Waals surface area contributed by atoms with E-state index in [-0.39, 0.29) is 6.04 Å². The van der Waals surface area contributed by atoms with Crippen LogP contribution in [0.4, 0.5) is 0 Å². The van der Waals surface area contributed by atoms with Crippen LogP contribution in [0.5, 0.6) is 0 Å². The lowest BCUT2D eigenvalue weighted by Crippen LogP contribution is -2.31. The Kier molecular flexibility index (Phi) is 3.99. The van der Waals surface area contributed by atoms with Crippen LogP contribution in [0.2, 0.25) is 0 Å². The predicted octanol–water partition coefficient (Wildman–Crippen LogP) is 3.36. The summed E-state index contributed by atoms with van der Waals surface area (Å²) < 4.78 is 5.54. The van der Waals surface area contributed by atoms with Crippen LogP contribution in [0.3, 0.4) is 0 Å². The van der Waals surface area contributed by atoms with Crippen LogP contribution in [-0.4, -0.2) is 11.0 Å². The van der Waals surface area contributed by atoms with Crippen molar-refractivity contribution in [3.05, 3.63) is 17.8 Å². The molecule has 1 fully saturated rings. The van der Waals surface area contributed by atoms with E-state index in [0.717, 1.165) is 11.7 Å². The normalized spacial score (nSPS) is 20.6. The van der Waals surface area contributed by atoms with Gasteiger partial charge in [0.1, 0.15) is 5.76 Å². The second-order valence-electron chi connectivity index (χ2n) is 4.89. The predicted molar refractivity (Wildman–Crippen MR) is 64.3 cm³/mol. The van der Waals surface area contributed by atoms with Gasteiger partial charge in [-0.1, -0.05) is 25.7 Å². The molecule has 3 nitrogen and oxygen atoms in total. The molecule has 1 heterocycles. The third-order valence-electron chi connectivity index (χ3n) is 3.35. The highest BCUT2D eigenvalue weighted by molar-refractivity contribution is 4.95. The van der Waals surface area contributed by atoms with E-state index in [4.69, 9.17) is 4.42 Å². The molecule has 0 radical (unpaired) electrons. The zero-order valence-electron chi connectivity index (χ0n) is 10.3. The molecule has 1 aromatic rings. The Morgan fingerprint density at radius 2 is 2.00 bits per heavy atom. The highest BCUT2D eigenvalue weighted by Crippen LogP contribution is 2.20. The summed E-state index contributed by atoms with van der Waals surface area (Å²) in [6.45, 7) is 4.07. The Bertz CT molecular complexity index is 313. The van der Waals surface area contributed by atoms with Crippen molar-refractivity contribution < 1.29 is 4.42 Å². The third-order valence-corrected chi connectivity index (χ3v) is 3.35. The molecule has 16 heavy (non-hydrogen) atoms. The number of oxazole rings is 1. The maximum atomic E-state index is 5.54. The zero-order valence-corrected chi connectivity index (χ0v) is 10.3. The highest BCUT2D eigenvalue weighted by Gasteiger charge is 2.17. The first-order valence-electron chi connectivity index (χ1n) is 6.44. The summed E-state index contributed by atoms with van der Waals surface area (Å²) in [5.74, 6) is 1.71. The van der Waals surface area contributed by atoms with Gasteiger partial charge in [0.2, 0.25) is 5.89 Å². The first kappa shape index (κ1) is 11.6. The molecule has 0 bridgehead atoms. The number of aryl methyl sites for hydroxylation is 1. The van der Waals surface area contributed by atoms with E-state index in [1.807, 2.05) is 6.92 Å². The second-order valence-corrected chi connectivity index (χ2v) is 4.89. The maximum Gasteiger partial charge on any atom is 0.211 e. The maximum absolute atomic E-state index is 5.54. The monoisotopic (exact) mass is 222 g/mol. The van der Waals surface area contributed by atoms with Gasteiger partial charge in [0, 0.05) is 6.04 Å². The van der Waals surface area contributed by atoms with E-state index in [1.54, 1.807) is 6.20 Å². The number of hydrogen-bond donors (Lipinski definition) is 1. The first-order chi connectivity index (χ1) is 7.75. The molecule has 1 saturated carbocycles. The number of aromatic nitrogens is 1. The Morgan fingerprint density at radius 1 is 1.31 bits per heavy atom. The largest absolute Gasteiger partial charge is 0.444 e. The van der Waals surface area contributed by atoms with Crippen molar-refractivity contribution in [3.8, 4) is 0 Å². The SMILES string of the molecule is Cc1cnc(C(C)NC2CCCCCC2)o1. The molecular weight excluding hydrogens is 200 g/mol. The first-order valence-corrected chi connectivity index (χ1v) is 6.44. The van der Waals surface area contributed by atoms with Gasteiger partial charge < -0.3 is 9.73 Å². The fraction of sp³-hybridized carbons (Fsp3) is 0.769. The highest BCUT2D eigenvalue weighted by atomic mass is 16.4. The molecule has 1 unspecified atom stereocenters. The van der Waals surface area contributed by atoms with Gasteiger partial charge in [0.05, 0.1) is 12.2 Å². The minimum atomic E-state index is 0.233. The minimum Gasteiger partial charge on any atom is -0.444 e. The van der Waals surface area contributed by atoms with E-state index >= 15 is 0 Å². The van der Waals surface area contributed by atoms with Crippen molar-refractivity contribution in [2.24, 2.45) is 0 Å². The summed E-state index contributed by atoms with van der Waals surface area (Å²) in [4.78, 5) is 4.28. The van der Waals surface area contributed by atoms with Crippen LogP contribution in [0, 0.1) is 6.92 Å². The molecule has 1 aliphatic rings. The summed E-state index contributed by atoms with van der Waals surface area (Å²) >= 11 is 0. The number of nitrogens with one attached hydrogen (secondary N) is 1.